The van der Waals surface area contributed by atoms with E-state index in [2.05, 4.69) is 11.5 Å². The van der Waals surface area contributed by atoms with Crippen molar-refractivity contribution in [3.05, 3.63) is 35.0 Å². The van der Waals surface area contributed by atoms with Crippen molar-refractivity contribution in [3.63, 3.8) is 0 Å². The van der Waals surface area contributed by atoms with Crippen molar-refractivity contribution in [3.8, 4) is 0 Å². The largest absolute Gasteiger partial charge is 0.465 e. The first-order chi connectivity index (χ1) is 10.7. The van der Waals surface area contributed by atoms with Gasteiger partial charge in [0.2, 0.25) is 0 Å². The predicted octanol–water partition coefficient (Wildman–Crippen LogP) is 3.75. The fraction of sp³-hybridized carbons (Fsp3) is 0.444. The molecule has 4 nitrogen and oxygen atoms in total. The van der Waals surface area contributed by atoms with Crippen molar-refractivity contribution >= 4 is 22.7 Å². The molecule has 0 atom stereocenters. The number of aryl methyl sites for hydroxylation is 1. The lowest BCUT2D eigenvalue weighted by Crippen LogP contribution is -2.08. The monoisotopic (exact) mass is 299 g/mol. The minimum absolute atomic E-state index is 0.203. The summed E-state index contributed by atoms with van der Waals surface area (Å²) < 4.78 is 7.09. The molecule has 4 heteroatoms. The molecule has 0 saturated heterocycles. The molecule has 0 fully saturated rings. The summed E-state index contributed by atoms with van der Waals surface area (Å²) in [6.45, 7) is 2.92. The van der Waals surface area contributed by atoms with Crippen LogP contribution < -0.4 is 0 Å². The van der Waals surface area contributed by atoms with Crippen molar-refractivity contribution in [2.45, 2.75) is 45.6 Å². The zero-order valence-corrected chi connectivity index (χ0v) is 13.1. The first kappa shape index (κ1) is 14.8. The Morgan fingerprint density at radius 1 is 1.27 bits per heavy atom. The van der Waals surface area contributed by atoms with Gasteiger partial charge in [0, 0.05) is 29.6 Å². The number of ketones is 1. The summed E-state index contributed by atoms with van der Waals surface area (Å²) in [6.07, 6.45) is 4.42. The second kappa shape index (κ2) is 5.95. The first-order valence-electron chi connectivity index (χ1n) is 7.94. The molecule has 0 aliphatic heterocycles. The van der Waals surface area contributed by atoms with E-state index in [1.54, 1.807) is 6.07 Å². The van der Waals surface area contributed by atoms with Crippen molar-refractivity contribution < 1.29 is 14.3 Å². The number of rotatable bonds is 3. The molecule has 0 N–H and O–H groups in total. The van der Waals surface area contributed by atoms with E-state index in [1.807, 2.05) is 12.1 Å². The number of hydrogen-bond acceptors (Lipinski definition) is 3. The van der Waals surface area contributed by atoms with Gasteiger partial charge in [0.1, 0.15) is 0 Å². The quantitative estimate of drug-likeness (QED) is 0.640. The van der Waals surface area contributed by atoms with Crippen LogP contribution in [0.25, 0.3) is 10.9 Å². The van der Waals surface area contributed by atoms with Gasteiger partial charge in [-0.15, -0.1) is 0 Å². The Hall–Kier alpha value is -2.10. The number of nitrogens with zero attached hydrogens (tertiary/aromatic N) is 1. The first-order valence-corrected chi connectivity index (χ1v) is 7.94. The Bertz CT molecular complexity index is 742. The zero-order chi connectivity index (χ0) is 15.7. The third kappa shape index (κ3) is 2.23. The topological polar surface area (TPSA) is 48.3 Å². The van der Waals surface area contributed by atoms with Gasteiger partial charge in [0.05, 0.1) is 18.2 Å². The number of ether oxygens (including phenoxy) is 1. The third-order valence-corrected chi connectivity index (χ3v) is 4.39. The van der Waals surface area contributed by atoms with E-state index in [4.69, 9.17) is 4.74 Å². The Morgan fingerprint density at radius 2 is 2.05 bits per heavy atom. The Balaban J connectivity index is 2.37. The van der Waals surface area contributed by atoms with Gasteiger partial charge in [0.25, 0.3) is 0 Å². The van der Waals surface area contributed by atoms with Crippen LogP contribution in [0.15, 0.2) is 18.2 Å². The summed E-state index contributed by atoms with van der Waals surface area (Å²) in [6, 6.07) is 5.57. The number of esters is 1. The Labute approximate surface area is 130 Å². The fourth-order valence-electron chi connectivity index (χ4n) is 3.48. The predicted molar refractivity (Wildman–Crippen MR) is 85.5 cm³/mol. The van der Waals surface area contributed by atoms with E-state index in [-0.39, 0.29) is 11.8 Å². The molecule has 2 aromatic rings. The number of aromatic nitrogens is 1. The van der Waals surface area contributed by atoms with Crippen LogP contribution in [0.1, 0.15) is 59.0 Å². The van der Waals surface area contributed by atoms with Crippen LogP contribution >= 0.6 is 0 Å². The number of carbonyl (C=O) groups excluding carboxylic acids is 2. The van der Waals surface area contributed by atoms with E-state index in [1.165, 1.54) is 7.11 Å². The van der Waals surface area contributed by atoms with Crippen molar-refractivity contribution in [2.75, 3.05) is 7.11 Å². The highest BCUT2D eigenvalue weighted by Gasteiger charge is 2.26. The average Bonchev–Trinajstić information content (AvgIpc) is 2.71. The minimum Gasteiger partial charge on any atom is -0.465 e. The molecule has 116 valence electrons. The van der Waals surface area contributed by atoms with Gasteiger partial charge in [-0.1, -0.05) is 19.1 Å². The third-order valence-electron chi connectivity index (χ3n) is 4.39. The van der Waals surface area contributed by atoms with Crippen LogP contribution in [0.5, 0.6) is 0 Å². The molecule has 1 aromatic carbocycles. The molecule has 1 aliphatic carbocycles. The molecule has 0 bridgehead atoms. The van der Waals surface area contributed by atoms with Gasteiger partial charge in [-0.25, -0.2) is 4.79 Å². The Kier molecular flexibility index (Phi) is 4.01. The number of hydrogen-bond donors (Lipinski definition) is 0. The molecular formula is C18H21NO3. The van der Waals surface area contributed by atoms with E-state index in [0.717, 1.165) is 54.4 Å². The van der Waals surface area contributed by atoms with Gasteiger partial charge in [-0.05, 0) is 31.7 Å². The lowest BCUT2D eigenvalue weighted by Gasteiger charge is -2.11. The highest BCUT2D eigenvalue weighted by atomic mass is 16.5. The second-order valence-corrected chi connectivity index (χ2v) is 5.80. The van der Waals surface area contributed by atoms with Gasteiger partial charge in [0.15, 0.2) is 5.78 Å². The number of methoxy groups -OCH3 is 1. The lowest BCUT2D eigenvalue weighted by molar-refractivity contribution is 0.0602. The van der Waals surface area contributed by atoms with E-state index >= 15 is 0 Å². The number of benzene rings is 1. The van der Waals surface area contributed by atoms with Gasteiger partial charge in [-0.2, -0.15) is 0 Å². The SMILES string of the molecule is CCCn1c2c(c3cccc(C(=O)OC)c31)C(=O)CCCC2. The summed E-state index contributed by atoms with van der Waals surface area (Å²) in [7, 11) is 1.39. The van der Waals surface area contributed by atoms with Crippen LogP contribution in [-0.4, -0.2) is 23.4 Å². The smallest absolute Gasteiger partial charge is 0.340 e. The number of para-hydroxylation sites is 1. The van der Waals surface area contributed by atoms with Gasteiger partial charge in [-0.3, -0.25) is 4.79 Å². The maximum atomic E-state index is 12.6. The van der Waals surface area contributed by atoms with Crippen molar-refractivity contribution in [2.24, 2.45) is 0 Å². The molecule has 0 saturated carbocycles. The molecule has 0 radical (unpaired) electrons. The maximum Gasteiger partial charge on any atom is 0.340 e. The van der Waals surface area contributed by atoms with Crippen molar-refractivity contribution in [1.82, 2.24) is 4.57 Å². The number of fused-ring (bicyclic) bond motifs is 3. The summed E-state index contributed by atoms with van der Waals surface area (Å²) in [5, 5.41) is 0.901. The summed E-state index contributed by atoms with van der Waals surface area (Å²) >= 11 is 0. The molecule has 1 aliphatic rings. The zero-order valence-electron chi connectivity index (χ0n) is 13.1. The van der Waals surface area contributed by atoms with Gasteiger partial charge < -0.3 is 9.30 Å². The molecule has 0 spiro atoms. The lowest BCUT2D eigenvalue weighted by atomic mass is 10.0. The molecular weight excluding hydrogens is 278 g/mol. The minimum atomic E-state index is -0.344. The molecule has 1 aromatic heterocycles. The molecule has 0 amide bonds. The molecule has 0 unspecified atom stereocenters. The summed E-state index contributed by atoms with van der Waals surface area (Å²) in [4.78, 5) is 24.7. The fourth-order valence-corrected chi connectivity index (χ4v) is 3.48. The van der Waals surface area contributed by atoms with E-state index in [0.29, 0.717) is 12.0 Å². The van der Waals surface area contributed by atoms with E-state index in [9.17, 15) is 9.59 Å². The van der Waals surface area contributed by atoms with Crippen LogP contribution in [0, 0.1) is 0 Å². The van der Waals surface area contributed by atoms with Crippen LogP contribution in [0.2, 0.25) is 0 Å². The van der Waals surface area contributed by atoms with E-state index < -0.39 is 0 Å². The standard InChI is InChI=1S/C18H21NO3/c1-3-11-19-14-9-4-5-10-15(20)16(14)12-7-6-8-13(17(12)19)18(21)22-2/h6-8H,3-5,9-11H2,1-2H3. The van der Waals surface area contributed by atoms with Gasteiger partial charge >= 0.3 is 5.97 Å². The second-order valence-electron chi connectivity index (χ2n) is 5.80. The summed E-state index contributed by atoms with van der Waals surface area (Å²) in [5.41, 5.74) is 3.33. The average molecular weight is 299 g/mol. The summed E-state index contributed by atoms with van der Waals surface area (Å²) in [5.74, 6) is -0.141. The highest BCUT2D eigenvalue weighted by molar-refractivity contribution is 6.14. The molecule has 22 heavy (non-hydrogen) atoms. The number of Topliss-reactive ketones (excluding diaryl/α,β-unsaturated/α-hetero) is 1. The normalized spacial score (nSPS) is 14.7. The number of carbonyl (C=O) groups is 2. The van der Waals surface area contributed by atoms with Crippen LogP contribution in [0.4, 0.5) is 0 Å². The van der Waals surface area contributed by atoms with Crippen molar-refractivity contribution in [1.29, 1.82) is 0 Å². The molecule has 1 heterocycles. The van der Waals surface area contributed by atoms with Crippen LogP contribution in [-0.2, 0) is 17.7 Å². The molecule has 3 rings (SSSR count). The maximum absolute atomic E-state index is 12.6. The van der Waals surface area contributed by atoms with Crippen LogP contribution in [0.3, 0.4) is 0 Å². The Morgan fingerprint density at radius 3 is 2.77 bits per heavy atom. The highest BCUT2D eigenvalue weighted by Crippen LogP contribution is 2.33.